The number of amides is 2. The number of benzene rings is 1. The van der Waals surface area contributed by atoms with Gasteiger partial charge in [-0.1, -0.05) is 38.0 Å². The maximum atomic E-state index is 12.1. The van der Waals surface area contributed by atoms with Crippen LogP contribution in [0.25, 0.3) is 0 Å². The number of carbonyl (C=O) groups excluding carboxylic acids is 2. The van der Waals surface area contributed by atoms with E-state index in [0.29, 0.717) is 11.7 Å². The van der Waals surface area contributed by atoms with Gasteiger partial charge < -0.3 is 15.0 Å². The Kier molecular flexibility index (Phi) is 5.81. The summed E-state index contributed by atoms with van der Waals surface area (Å²) in [6.07, 6.45) is 4.03. The quantitative estimate of drug-likeness (QED) is 0.930. The summed E-state index contributed by atoms with van der Waals surface area (Å²) in [5.74, 6) is 0.839. The molecular formula is C17H24N2O3. The first kappa shape index (κ1) is 16.3. The second kappa shape index (κ2) is 7.82. The van der Waals surface area contributed by atoms with Crippen LogP contribution in [0.2, 0.25) is 0 Å². The molecule has 5 nitrogen and oxygen atoms in total. The first-order chi connectivity index (χ1) is 10.6. The summed E-state index contributed by atoms with van der Waals surface area (Å²) in [7, 11) is 1.56. The first-order valence-corrected chi connectivity index (χ1v) is 7.83. The van der Waals surface area contributed by atoms with E-state index in [9.17, 15) is 9.59 Å². The molecule has 1 aromatic rings. The number of likely N-dealkylation sites (N-methyl/N-ethyl adjacent to an activating group) is 1. The smallest absolute Gasteiger partial charge is 0.410 e. The summed E-state index contributed by atoms with van der Waals surface area (Å²) in [4.78, 5) is 25.3. The third kappa shape index (κ3) is 4.76. The molecule has 0 bridgehead atoms. The molecule has 2 rings (SSSR count). The fourth-order valence-corrected chi connectivity index (χ4v) is 2.73. The minimum absolute atomic E-state index is 0.00882. The number of para-hydroxylation sites is 1. The Labute approximate surface area is 131 Å². The minimum Gasteiger partial charge on any atom is -0.410 e. The molecule has 0 radical (unpaired) electrons. The molecule has 1 aromatic carbocycles. The molecule has 22 heavy (non-hydrogen) atoms. The molecule has 0 spiro atoms. The van der Waals surface area contributed by atoms with Crippen LogP contribution in [0.5, 0.6) is 5.75 Å². The van der Waals surface area contributed by atoms with Gasteiger partial charge in [0.1, 0.15) is 12.3 Å². The van der Waals surface area contributed by atoms with Crippen LogP contribution in [0.1, 0.15) is 32.6 Å². The van der Waals surface area contributed by atoms with E-state index in [0.717, 1.165) is 19.3 Å². The Hall–Kier alpha value is -2.04. The van der Waals surface area contributed by atoms with Crippen molar-refractivity contribution in [3.8, 4) is 5.75 Å². The van der Waals surface area contributed by atoms with Gasteiger partial charge in [0.2, 0.25) is 5.91 Å². The number of nitrogens with zero attached hydrogens (tertiary/aromatic N) is 1. The molecule has 0 heterocycles. The average molecular weight is 304 g/mol. The number of hydrogen-bond donors (Lipinski definition) is 1. The van der Waals surface area contributed by atoms with Gasteiger partial charge in [-0.05, 0) is 30.9 Å². The van der Waals surface area contributed by atoms with E-state index in [1.165, 1.54) is 11.3 Å². The molecule has 120 valence electrons. The van der Waals surface area contributed by atoms with Gasteiger partial charge in [0, 0.05) is 13.1 Å². The van der Waals surface area contributed by atoms with E-state index in [2.05, 4.69) is 12.2 Å². The molecule has 1 aliphatic carbocycles. The zero-order chi connectivity index (χ0) is 15.9. The SMILES string of the molecule is C[C@@H]1CCCC[C@H]1NC(=O)CN(C)C(=O)Oc1ccccc1. The highest BCUT2D eigenvalue weighted by molar-refractivity contribution is 5.82. The summed E-state index contributed by atoms with van der Waals surface area (Å²) in [6.45, 7) is 2.17. The highest BCUT2D eigenvalue weighted by Crippen LogP contribution is 2.23. The number of ether oxygens (including phenoxy) is 1. The van der Waals surface area contributed by atoms with Crippen LogP contribution in [-0.4, -0.2) is 36.5 Å². The second-order valence-electron chi connectivity index (χ2n) is 5.97. The number of nitrogens with one attached hydrogen (secondary N) is 1. The van der Waals surface area contributed by atoms with Crippen molar-refractivity contribution in [1.82, 2.24) is 10.2 Å². The van der Waals surface area contributed by atoms with Gasteiger partial charge in [0.25, 0.3) is 0 Å². The van der Waals surface area contributed by atoms with E-state index >= 15 is 0 Å². The number of carbonyl (C=O) groups is 2. The van der Waals surface area contributed by atoms with Crippen LogP contribution in [0, 0.1) is 5.92 Å². The molecule has 0 aliphatic heterocycles. The van der Waals surface area contributed by atoms with Gasteiger partial charge in [-0.3, -0.25) is 4.79 Å². The van der Waals surface area contributed by atoms with Crippen LogP contribution in [0.15, 0.2) is 30.3 Å². The summed E-state index contributed by atoms with van der Waals surface area (Å²) >= 11 is 0. The van der Waals surface area contributed by atoms with E-state index in [-0.39, 0.29) is 18.5 Å². The normalized spacial score (nSPS) is 21.0. The van der Waals surface area contributed by atoms with Gasteiger partial charge in [0.15, 0.2) is 0 Å². The monoisotopic (exact) mass is 304 g/mol. The zero-order valence-electron chi connectivity index (χ0n) is 13.2. The molecule has 1 fully saturated rings. The van der Waals surface area contributed by atoms with Crippen molar-refractivity contribution in [1.29, 1.82) is 0 Å². The van der Waals surface area contributed by atoms with Crippen molar-refractivity contribution in [3.63, 3.8) is 0 Å². The molecule has 1 aliphatic rings. The lowest BCUT2D eigenvalue weighted by atomic mass is 9.86. The standard InChI is InChI=1S/C17H24N2O3/c1-13-8-6-7-11-15(13)18-16(20)12-19(2)17(21)22-14-9-4-3-5-10-14/h3-5,9-10,13,15H,6-8,11-12H2,1-2H3,(H,18,20)/t13-,15-/m1/s1. The summed E-state index contributed by atoms with van der Waals surface area (Å²) in [5.41, 5.74) is 0. The molecule has 1 N–H and O–H groups in total. The predicted molar refractivity (Wildman–Crippen MR) is 84.7 cm³/mol. The third-order valence-electron chi connectivity index (χ3n) is 4.10. The molecular weight excluding hydrogens is 280 g/mol. The van der Waals surface area contributed by atoms with Gasteiger partial charge in [-0.15, -0.1) is 0 Å². The number of rotatable bonds is 4. The van der Waals surface area contributed by atoms with Gasteiger partial charge >= 0.3 is 6.09 Å². The summed E-state index contributed by atoms with van der Waals surface area (Å²) in [5, 5.41) is 3.03. The van der Waals surface area contributed by atoms with Gasteiger partial charge in [-0.25, -0.2) is 4.79 Å². The van der Waals surface area contributed by atoms with E-state index in [1.54, 1.807) is 31.3 Å². The molecule has 0 saturated heterocycles. The minimum atomic E-state index is -0.530. The van der Waals surface area contributed by atoms with Crippen LogP contribution in [0.4, 0.5) is 4.79 Å². The molecule has 2 atom stereocenters. The topological polar surface area (TPSA) is 58.6 Å². The summed E-state index contributed by atoms with van der Waals surface area (Å²) in [6, 6.07) is 9.06. The Bertz CT molecular complexity index is 504. The molecule has 0 unspecified atom stereocenters. The molecule has 5 heteroatoms. The largest absolute Gasteiger partial charge is 0.415 e. The Morgan fingerprint density at radius 2 is 1.91 bits per heavy atom. The van der Waals surface area contributed by atoms with Crippen LogP contribution in [-0.2, 0) is 4.79 Å². The fourth-order valence-electron chi connectivity index (χ4n) is 2.73. The Morgan fingerprint density at radius 3 is 2.59 bits per heavy atom. The predicted octanol–water partition coefficient (Wildman–Crippen LogP) is 2.81. The lowest BCUT2D eigenvalue weighted by molar-refractivity contribution is -0.122. The van der Waals surface area contributed by atoms with Crippen molar-refractivity contribution in [2.75, 3.05) is 13.6 Å². The van der Waals surface area contributed by atoms with Crippen molar-refractivity contribution >= 4 is 12.0 Å². The molecule has 1 saturated carbocycles. The van der Waals surface area contributed by atoms with E-state index in [4.69, 9.17) is 4.74 Å². The highest BCUT2D eigenvalue weighted by atomic mass is 16.6. The van der Waals surface area contributed by atoms with Crippen molar-refractivity contribution in [2.45, 2.75) is 38.6 Å². The van der Waals surface area contributed by atoms with Crippen LogP contribution in [0.3, 0.4) is 0 Å². The van der Waals surface area contributed by atoms with Crippen molar-refractivity contribution in [3.05, 3.63) is 30.3 Å². The maximum Gasteiger partial charge on any atom is 0.415 e. The second-order valence-corrected chi connectivity index (χ2v) is 5.97. The lowest BCUT2D eigenvalue weighted by Gasteiger charge is -2.30. The fraction of sp³-hybridized carbons (Fsp3) is 0.529. The lowest BCUT2D eigenvalue weighted by Crippen LogP contribution is -2.46. The number of hydrogen-bond acceptors (Lipinski definition) is 3. The van der Waals surface area contributed by atoms with Crippen molar-refractivity contribution in [2.24, 2.45) is 5.92 Å². The maximum absolute atomic E-state index is 12.1. The average Bonchev–Trinajstić information content (AvgIpc) is 2.50. The summed E-state index contributed by atoms with van der Waals surface area (Å²) < 4.78 is 5.20. The Balaban J connectivity index is 1.79. The molecule has 2 amide bonds. The highest BCUT2D eigenvalue weighted by Gasteiger charge is 2.24. The first-order valence-electron chi connectivity index (χ1n) is 7.83. The van der Waals surface area contributed by atoms with Gasteiger partial charge in [0.05, 0.1) is 0 Å². The van der Waals surface area contributed by atoms with E-state index < -0.39 is 6.09 Å². The van der Waals surface area contributed by atoms with Crippen molar-refractivity contribution < 1.29 is 14.3 Å². The van der Waals surface area contributed by atoms with E-state index in [1.807, 2.05) is 6.07 Å². The Morgan fingerprint density at radius 1 is 1.23 bits per heavy atom. The van der Waals surface area contributed by atoms with Crippen LogP contribution < -0.4 is 10.1 Å². The molecule has 0 aromatic heterocycles. The van der Waals surface area contributed by atoms with Gasteiger partial charge in [-0.2, -0.15) is 0 Å². The third-order valence-corrected chi connectivity index (χ3v) is 4.10. The van der Waals surface area contributed by atoms with Crippen LogP contribution >= 0.6 is 0 Å². The zero-order valence-corrected chi connectivity index (χ0v) is 13.2.